The summed E-state index contributed by atoms with van der Waals surface area (Å²) >= 11 is 0. The third kappa shape index (κ3) is 3.24. The molecular weight excluding hydrogens is 206 g/mol. The van der Waals surface area contributed by atoms with Crippen molar-refractivity contribution < 1.29 is 9.90 Å². The summed E-state index contributed by atoms with van der Waals surface area (Å²) in [7, 11) is 0. The van der Waals surface area contributed by atoms with Gasteiger partial charge in [0.2, 0.25) is 0 Å². The van der Waals surface area contributed by atoms with Crippen LogP contribution < -0.4 is 5.32 Å². The Labute approximate surface area is 93.7 Å². The summed E-state index contributed by atoms with van der Waals surface area (Å²) < 4.78 is 0. The van der Waals surface area contributed by atoms with E-state index in [2.05, 4.69) is 10.3 Å². The van der Waals surface area contributed by atoms with E-state index in [1.54, 1.807) is 18.2 Å². The lowest BCUT2D eigenvalue weighted by Crippen LogP contribution is -2.22. The van der Waals surface area contributed by atoms with Gasteiger partial charge in [-0.3, -0.25) is 4.79 Å². The minimum atomic E-state index is -0.827. The summed E-state index contributed by atoms with van der Waals surface area (Å²) in [5.74, 6) is -0.738. The van der Waals surface area contributed by atoms with Crippen molar-refractivity contribution in [3.05, 3.63) is 23.9 Å². The van der Waals surface area contributed by atoms with E-state index in [0.29, 0.717) is 24.5 Å². The van der Waals surface area contributed by atoms with Crippen molar-refractivity contribution in [2.45, 2.75) is 13.3 Å². The zero-order valence-electron chi connectivity index (χ0n) is 8.97. The van der Waals surface area contributed by atoms with E-state index in [-0.39, 0.29) is 0 Å². The Morgan fingerprint density at radius 3 is 3.00 bits per heavy atom. The molecule has 0 amide bonds. The van der Waals surface area contributed by atoms with Crippen LogP contribution >= 0.6 is 0 Å². The summed E-state index contributed by atoms with van der Waals surface area (Å²) in [6.45, 7) is 2.13. The number of pyridine rings is 1. The summed E-state index contributed by atoms with van der Waals surface area (Å²) in [6.07, 6.45) is 0.556. The van der Waals surface area contributed by atoms with Crippen LogP contribution in [0.5, 0.6) is 0 Å². The molecule has 1 atom stereocenters. The van der Waals surface area contributed by atoms with Gasteiger partial charge in [-0.25, -0.2) is 4.98 Å². The average molecular weight is 219 g/mol. The molecule has 0 bridgehead atoms. The van der Waals surface area contributed by atoms with E-state index in [0.717, 1.165) is 0 Å². The van der Waals surface area contributed by atoms with Crippen LogP contribution in [0.4, 0.5) is 5.82 Å². The minimum Gasteiger partial charge on any atom is -0.481 e. The first-order valence-electron chi connectivity index (χ1n) is 5.01. The van der Waals surface area contributed by atoms with E-state index in [4.69, 9.17) is 10.4 Å². The number of aromatic nitrogens is 1. The Morgan fingerprint density at radius 2 is 2.44 bits per heavy atom. The molecule has 0 radical (unpaired) electrons. The number of carboxylic acids is 1. The maximum Gasteiger partial charge on any atom is 0.308 e. The first kappa shape index (κ1) is 12.0. The quantitative estimate of drug-likeness (QED) is 0.783. The second-order valence-electron chi connectivity index (χ2n) is 3.34. The molecule has 0 aliphatic heterocycles. The highest BCUT2D eigenvalue weighted by Gasteiger charge is 2.14. The molecule has 1 aromatic rings. The van der Waals surface area contributed by atoms with Crippen LogP contribution in [0.25, 0.3) is 0 Å². The monoisotopic (exact) mass is 219 g/mol. The SMILES string of the molecule is CCC(CNc1cccc(C#N)n1)C(=O)O. The summed E-state index contributed by atoms with van der Waals surface area (Å²) in [5.41, 5.74) is 0.313. The normalized spacial score (nSPS) is 11.5. The van der Waals surface area contributed by atoms with E-state index >= 15 is 0 Å². The van der Waals surface area contributed by atoms with Crippen molar-refractivity contribution in [2.24, 2.45) is 5.92 Å². The summed E-state index contributed by atoms with van der Waals surface area (Å²) in [5, 5.41) is 20.4. The fraction of sp³-hybridized carbons (Fsp3) is 0.364. The van der Waals surface area contributed by atoms with E-state index in [9.17, 15) is 4.79 Å². The fourth-order valence-corrected chi connectivity index (χ4v) is 1.23. The van der Waals surface area contributed by atoms with Crippen LogP contribution in [-0.4, -0.2) is 22.6 Å². The third-order valence-corrected chi connectivity index (χ3v) is 2.24. The fourth-order valence-electron chi connectivity index (χ4n) is 1.23. The maximum absolute atomic E-state index is 10.8. The van der Waals surface area contributed by atoms with Crippen molar-refractivity contribution in [3.63, 3.8) is 0 Å². The highest BCUT2D eigenvalue weighted by molar-refractivity contribution is 5.70. The predicted molar refractivity (Wildman–Crippen MR) is 58.9 cm³/mol. The molecule has 1 heterocycles. The number of nitrogens with one attached hydrogen (secondary N) is 1. The van der Waals surface area contributed by atoms with Crippen LogP contribution in [0.1, 0.15) is 19.0 Å². The molecule has 1 aromatic heterocycles. The molecule has 0 aromatic carbocycles. The Morgan fingerprint density at radius 1 is 1.69 bits per heavy atom. The number of nitrogens with zero attached hydrogens (tertiary/aromatic N) is 2. The lowest BCUT2D eigenvalue weighted by Gasteiger charge is -2.11. The van der Waals surface area contributed by atoms with Gasteiger partial charge in [-0.15, -0.1) is 0 Å². The Bertz CT molecular complexity index is 412. The first-order chi connectivity index (χ1) is 7.67. The highest BCUT2D eigenvalue weighted by atomic mass is 16.4. The standard InChI is InChI=1S/C11H13N3O2/c1-2-8(11(15)16)7-13-10-5-3-4-9(6-12)14-10/h3-5,8H,2,7H2,1H3,(H,13,14)(H,15,16). The molecule has 84 valence electrons. The van der Waals surface area contributed by atoms with Crippen molar-refractivity contribution in [1.29, 1.82) is 5.26 Å². The van der Waals surface area contributed by atoms with Crippen LogP contribution in [0.2, 0.25) is 0 Å². The van der Waals surface area contributed by atoms with Crippen LogP contribution in [0.3, 0.4) is 0 Å². The third-order valence-electron chi connectivity index (χ3n) is 2.24. The lowest BCUT2D eigenvalue weighted by molar-refractivity contribution is -0.141. The molecule has 5 nitrogen and oxygen atoms in total. The minimum absolute atomic E-state index is 0.313. The number of hydrogen-bond donors (Lipinski definition) is 2. The molecule has 0 spiro atoms. The summed E-state index contributed by atoms with van der Waals surface area (Å²) in [6, 6.07) is 6.93. The van der Waals surface area contributed by atoms with Gasteiger partial charge in [0.05, 0.1) is 5.92 Å². The van der Waals surface area contributed by atoms with Gasteiger partial charge in [0.25, 0.3) is 0 Å². The maximum atomic E-state index is 10.8. The molecule has 1 rings (SSSR count). The molecule has 0 saturated carbocycles. The van der Waals surface area contributed by atoms with Gasteiger partial charge < -0.3 is 10.4 Å². The second-order valence-corrected chi connectivity index (χ2v) is 3.34. The molecule has 16 heavy (non-hydrogen) atoms. The predicted octanol–water partition coefficient (Wildman–Crippen LogP) is 1.48. The second kappa shape index (κ2) is 5.71. The number of nitriles is 1. The van der Waals surface area contributed by atoms with Gasteiger partial charge in [-0.2, -0.15) is 5.26 Å². The van der Waals surface area contributed by atoms with Gasteiger partial charge in [0.1, 0.15) is 17.6 Å². The smallest absolute Gasteiger partial charge is 0.308 e. The largest absolute Gasteiger partial charge is 0.481 e. The van der Waals surface area contributed by atoms with Gasteiger partial charge in [-0.05, 0) is 18.6 Å². The number of carbonyl (C=O) groups is 1. The zero-order chi connectivity index (χ0) is 12.0. The molecule has 0 aliphatic rings. The van der Waals surface area contributed by atoms with Crippen LogP contribution in [-0.2, 0) is 4.79 Å². The molecule has 2 N–H and O–H groups in total. The molecular formula is C11H13N3O2. The first-order valence-corrected chi connectivity index (χ1v) is 5.01. The molecule has 0 aliphatic carbocycles. The lowest BCUT2D eigenvalue weighted by atomic mass is 10.1. The zero-order valence-corrected chi connectivity index (χ0v) is 8.97. The number of rotatable bonds is 5. The highest BCUT2D eigenvalue weighted by Crippen LogP contribution is 2.07. The average Bonchev–Trinajstić information content (AvgIpc) is 2.29. The molecule has 1 unspecified atom stereocenters. The van der Waals surface area contributed by atoms with Gasteiger partial charge in [-0.1, -0.05) is 13.0 Å². The van der Waals surface area contributed by atoms with Gasteiger partial charge >= 0.3 is 5.97 Å². The van der Waals surface area contributed by atoms with E-state index in [1.807, 2.05) is 13.0 Å². The Balaban J connectivity index is 2.60. The van der Waals surface area contributed by atoms with Crippen LogP contribution in [0.15, 0.2) is 18.2 Å². The number of aliphatic carboxylic acids is 1. The molecule has 5 heteroatoms. The van der Waals surface area contributed by atoms with Gasteiger partial charge in [0, 0.05) is 6.54 Å². The number of anilines is 1. The van der Waals surface area contributed by atoms with Crippen molar-refractivity contribution in [1.82, 2.24) is 4.98 Å². The van der Waals surface area contributed by atoms with Crippen molar-refractivity contribution in [3.8, 4) is 6.07 Å². The molecule has 0 fully saturated rings. The summed E-state index contributed by atoms with van der Waals surface area (Å²) in [4.78, 5) is 14.8. The number of hydrogen-bond acceptors (Lipinski definition) is 4. The topological polar surface area (TPSA) is 86.0 Å². The van der Waals surface area contributed by atoms with E-state index in [1.165, 1.54) is 0 Å². The Kier molecular flexibility index (Phi) is 4.28. The van der Waals surface area contributed by atoms with E-state index < -0.39 is 11.9 Å². The van der Waals surface area contributed by atoms with Crippen molar-refractivity contribution in [2.75, 3.05) is 11.9 Å². The van der Waals surface area contributed by atoms with Gasteiger partial charge in [0.15, 0.2) is 0 Å². The molecule has 0 saturated heterocycles. The number of carboxylic acid groups (broad SMARTS) is 1. The van der Waals surface area contributed by atoms with Crippen molar-refractivity contribution >= 4 is 11.8 Å². The van der Waals surface area contributed by atoms with Crippen LogP contribution in [0, 0.1) is 17.2 Å². The Hall–Kier alpha value is -2.09.